The van der Waals surface area contributed by atoms with E-state index in [9.17, 15) is 4.79 Å². The predicted molar refractivity (Wildman–Crippen MR) is 65.6 cm³/mol. The summed E-state index contributed by atoms with van der Waals surface area (Å²) in [5.41, 5.74) is 0.632. The first-order valence-corrected chi connectivity index (χ1v) is 7.32. The number of likely N-dealkylation sites (tertiary alicyclic amines) is 2. The van der Waals surface area contributed by atoms with E-state index in [1.165, 1.54) is 51.6 Å². The van der Waals surface area contributed by atoms with Crippen molar-refractivity contribution in [3.8, 4) is 0 Å². The molecular weight excluding hydrogens is 212 g/mol. The fraction of sp³-hybridized carbons (Fsp3) is 0.929. The zero-order valence-corrected chi connectivity index (χ0v) is 10.5. The van der Waals surface area contributed by atoms with Gasteiger partial charge in [-0.25, -0.2) is 0 Å². The van der Waals surface area contributed by atoms with Gasteiger partial charge in [0.15, 0.2) is 0 Å². The molecule has 0 aromatic carbocycles. The van der Waals surface area contributed by atoms with Gasteiger partial charge in [0.25, 0.3) is 0 Å². The SMILES string of the molecule is O=C1[C@@H](N2CCC3(CCC3)C2)CCN1C1CC1. The van der Waals surface area contributed by atoms with Crippen molar-refractivity contribution in [3.05, 3.63) is 0 Å². The summed E-state index contributed by atoms with van der Waals surface area (Å²) in [5, 5.41) is 0. The van der Waals surface area contributed by atoms with Crippen molar-refractivity contribution in [1.82, 2.24) is 9.80 Å². The maximum Gasteiger partial charge on any atom is 0.240 e. The zero-order valence-electron chi connectivity index (χ0n) is 10.5. The van der Waals surface area contributed by atoms with Crippen LogP contribution in [-0.2, 0) is 4.79 Å². The molecule has 0 bridgehead atoms. The Morgan fingerprint density at radius 3 is 2.47 bits per heavy atom. The molecule has 4 rings (SSSR count). The van der Waals surface area contributed by atoms with Gasteiger partial charge >= 0.3 is 0 Å². The molecule has 0 aromatic rings. The zero-order chi connectivity index (χ0) is 11.5. The van der Waals surface area contributed by atoms with Gasteiger partial charge in [0.2, 0.25) is 5.91 Å². The van der Waals surface area contributed by atoms with E-state index in [-0.39, 0.29) is 6.04 Å². The van der Waals surface area contributed by atoms with Gasteiger partial charge in [-0.1, -0.05) is 6.42 Å². The molecule has 94 valence electrons. The van der Waals surface area contributed by atoms with Crippen molar-refractivity contribution in [3.63, 3.8) is 0 Å². The molecule has 1 amide bonds. The first-order valence-electron chi connectivity index (χ1n) is 7.32. The highest BCUT2D eigenvalue weighted by atomic mass is 16.2. The van der Waals surface area contributed by atoms with Gasteiger partial charge in [0.1, 0.15) is 0 Å². The van der Waals surface area contributed by atoms with Crippen LogP contribution in [0.5, 0.6) is 0 Å². The van der Waals surface area contributed by atoms with Gasteiger partial charge in [0.05, 0.1) is 6.04 Å². The summed E-state index contributed by atoms with van der Waals surface area (Å²) >= 11 is 0. The second-order valence-electron chi connectivity index (χ2n) is 6.64. The fourth-order valence-electron chi connectivity index (χ4n) is 4.09. The molecule has 2 saturated carbocycles. The lowest BCUT2D eigenvalue weighted by molar-refractivity contribution is -0.132. The Kier molecular flexibility index (Phi) is 2.11. The number of nitrogens with zero attached hydrogens (tertiary/aromatic N) is 2. The summed E-state index contributed by atoms with van der Waals surface area (Å²) in [5.74, 6) is 0.448. The second kappa shape index (κ2) is 3.47. The van der Waals surface area contributed by atoms with Crippen LogP contribution < -0.4 is 0 Å². The molecule has 4 fully saturated rings. The van der Waals surface area contributed by atoms with E-state index in [0.717, 1.165) is 13.0 Å². The smallest absolute Gasteiger partial charge is 0.240 e. The largest absolute Gasteiger partial charge is 0.338 e. The third-order valence-electron chi connectivity index (χ3n) is 5.52. The van der Waals surface area contributed by atoms with Crippen LogP contribution in [0.3, 0.4) is 0 Å². The third-order valence-corrected chi connectivity index (χ3v) is 5.52. The van der Waals surface area contributed by atoms with Crippen LogP contribution in [0.15, 0.2) is 0 Å². The maximum atomic E-state index is 12.4. The Morgan fingerprint density at radius 1 is 1.06 bits per heavy atom. The van der Waals surface area contributed by atoms with Crippen LogP contribution in [0.2, 0.25) is 0 Å². The lowest BCUT2D eigenvalue weighted by atomic mass is 9.68. The molecule has 1 spiro atoms. The number of rotatable bonds is 2. The van der Waals surface area contributed by atoms with Crippen LogP contribution in [0.4, 0.5) is 0 Å². The Hall–Kier alpha value is -0.570. The summed E-state index contributed by atoms with van der Waals surface area (Å²) in [6.07, 6.45) is 9.19. The monoisotopic (exact) mass is 234 g/mol. The molecular formula is C14H22N2O. The van der Waals surface area contributed by atoms with Gasteiger partial charge in [-0.2, -0.15) is 0 Å². The van der Waals surface area contributed by atoms with Gasteiger partial charge < -0.3 is 4.90 Å². The summed E-state index contributed by atoms with van der Waals surface area (Å²) in [6, 6.07) is 0.864. The summed E-state index contributed by atoms with van der Waals surface area (Å²) in [6.45, 7) is 3.41. The summed E-state index contributed by atoms with van der Waals surface area (Å²) in [4.78, 5) is 17.0. The van der Waals surface area contributed by atoms with Crippen molar-refractivity contribution in [2.24, 2.45) is 5.41 Å². The lowest BCUT2D eigenvalue weighted by Crippen LogP contribution is -2.43. The Balaban J connectivity index is 1.44. The number of amides is 1. The fourth-order valence-corrected chi connectivity index (χ4v) is 4.09. The van der Waals surface area contributed by atoms with Crippen LogP contribution >= 0.6 is 0 Å². The quantitative estimate of drug-likeness (QED) is 0.725. The molecule has 4 aliphatic rings. The predicted octanol–water partition coefficient (Wildman–Crippen LogP) is 1.63. The number of hydrogen-bond acceptors (Lipinski definition) is 2. The van der Waals surface area contributed by atoms with Gasteiger partial charge in [-0.05, 0) is 50.5 Å². The van der Waals surface area contributed by atoms with E-state index in [2.05, 4.69) is 9.80 Å². The van der Waals surface area contributed by atoms with Crippen LogP contribution in [0.1, 0.15) is 44.9 Å². The molecule has 1 atom stereocenters. The highest BCUT2D eigenvalue weighted by Crippen LogP contribution is 2.49. The molecule has 17 heavy (non-hydrogen) atoms. The highest BCUT2D eigenvalue weighted by Gasteiger charge is 2.49. The Bertz CT molecular complexity index is 346. The summed E-state index contributed by atoms with van der Waals surface area (Å²) < 4.78 is 0. The van der Waals surface area contributed by atoms with Crippen LogP contribution in [-0.4, -0.2) is 47.4 Å². The van der Waals surface area contributed by atoms with Gasteiger partial charge in [0, 0.05) is 19.1 Å². The van der Waals surface area contributed by atoms with E-state index >= 15 is 0 Å². The van der Waals surface area contributed by atoms with E-state index in [0.29, 0.717) is 17.4 Å². The minimum atomic E-state index is 0.246. The highest BCUT2D eigenvalue weighted by molar-refractivity contribution is 5.84. The van der Waals surface area contributed by atoms with E-state index in [1.807, 2.05) is 0 Å². The molecule has 0 aromatic heterocycles. The average molecular weight is 234 g/mol. The van der Waals surface area contributed by atoms with Gasteiger partial charge in [-0.15, -0.1) is 0 Å². The normalized spacial score (nSPS) is 36.8. The number of carbonyl (C=O) groups is 1. The maximum absolute atomic E-state index is 12.4. The van der Waals surface area contributed by atoms with Crippen molar-refractivity contribution in [2.45, 2.75) is 57.0 Å². The van der Waals surface area contributed by atoms with Crippen molar-refractivity contribution in [2.75, 3.05) is 19.6 Å². The summed E-state index contributed by atoms with van der Waals surface area (Å²) in [7, 11) is 0. The molecule has 0 N–H and O–H groups in total. The van der Waals surface area contributed by atoms with Crippen molar-refractivity contribution >= 4 is 5.91 Å². The Labute approximate surface area is 103 Å². The van der Waals surface area contributed by atoms with Crippen molar-refractivity contribution < 1.29 is 4.79 Å². The van der Waals surface area contributed by atoms with E-state index in [1.54, 1.807) is 0 Å². The first kappa shape index (κ1) is 10.4. The molecule has 3 nitrogen and oxygen atoms in total. The van der Waals surface area contributed by atoms with E-state index < -0.39 is 0 Å². The standard InChI is InChI=1S/C14H22N2O/c17-13-12(4-8-16(13)11-2-3-11)15-9-7-14(10-15)5-1-6-14/h11-12H,1-10H2/t12-/m0/s1. The molecule has 3 heteroatoms. The molecule has 2 aliphatic heterocycles. The molecule has 0 unspecified atom stereocenters. The van der Waals surface area contributed by atoms with Gasteiger partial charge in [-0.3, -0.25) is 9.69 Å². The molecule has 2 aliphatic carbocycles. The van der Waals surface area contributed by atoms with Crippen LogP contribution in [0.25, 0.3) is 0 Å². The number of carbonyl (C=O) groups excluding carboxylic acids is 1. The molecule has 2 saturated heterocycles. The van der Waals surface area contributed by atoms with Crippen molar-refractivity contribution in [1.29, 1.82) is 0 Å². The molecule has 0 radical (unpaired) electrons. The number of hydrogen-bond donors (Lipinski definition) is 0. The average Bonchev–Trinajstić information content (AvgIpc) is 2.89. The Morgan fingerprint density at radius 2 is 1.88 bits per heavy atom. The minimum absolute atomic E-state index is 0.246. The molecule has 2 heterocycles. The first-order chi connectivity index (χ1) is 8.27. The van der Waals surface area contributed by atoms with Crippen LogP contribution in [0, 0.1) is 5.41 Å². The lowest BCUT2D eigenvalue weighted by Gasteiger charge is -2.38. The second-order valence-corrected chi connectivity index (χ2v) is 6.64. The van der Waals surface area contributed by atoms with E-state index in [4.69, 9.17) is 0 Å². The topological polar surface area (TPSA) is 23.6 Å². The third kappa shape index (κ3) is 1.55. The minimum Gasteiger partial charge on any atom is -0.338 e.